The molecule has 1 saturated heterocycles. The lowest BCUT2D eigenvalue weighted by Crippen LogP contribution is -2.27. The Morgan fingerprint density at radius 3 is 2.75 bits per heavy atom. The summed E-state index contributed by atoms with van der Waals surface area (Å²) in [4.78, 5) is 17.3. The fourth-order valence-electron chi connectivity index (χ4n) is 3.19. The summed E-state index contributed by atoms with van der Waals surface area (Å²) in [6, 6.07) is 5.20. The lowest BCUT2D eigenvalue weighted by molar-refractivity contribution is 0.102. The van der Waals surface area contributed by atoms with Gasteiger partial charge < -0.3 is 14.8 Å². The molecule has 0 bridgehead atoms. The zero-order chi connectivity index (χ0) is 19.9. The third-order valence-electron chi connectivity index (χ3n) is 4.68. The highest BCUT2D eigenvalue weighted by molar-refractivity contribution is 6.03. The van der Waals surface area contributed by atoms with Gasteiger partial charge in [-0.05, 0) is 57.5 Å². The smallest absolute Gasteiger partial charge is 0.258 e. The SMILES string of the molecule is CCCOc1ccc(C(=O)Nc2nc(C3CCNCC3)nn2C)cc1OCC. The van der Waals surface area contributed by atoms with E-state index in [0.29, 0.717) is 42.1 Å². The molecule has 1 fully saturated rings. The van der Waals surface area contributed by atoms with Gasteiger partial charge in [-0.25, -0.2) is 4.68 Å². The Morgan fingerprint density at radius 1 is 1.25 bits per heavy atom. The Hall–Kier alpha value is -2.61. The molecule has 0 saturated carbocycles. The molecular weight excluding hydrogens is 358 g/mol. The zero-order valence-corrected chi connectivity index (χ0v) is 16.8. The first-order valence-corrected chi connectivity index (χ1v) is 9.95. The van der Waals surface area contributed by atoms with Gasteiger partial charge in [-0.2, -0.15) is 10.1 Å². The quantitative estimate of drug-likeness (QED) is 0.724. The zero-order valence-electron chi connectivity index (χ0n) is 16.8. The van der Waals surface area contributed by atoms with Crippen molar-refractivity contribution < 1.29 is 14.3 Å². The predicted octanol–water partition coefficient (Wildman–Crippen LogP) is 2.72. The minimum Gasteiger partial charge on any atom is -0.490 e. The number of benzene rings is 1. The maximum atomic E-state index is 12.7. The summed E-state index contributed by atoms with van der Waals surface area (Å²) in [5.41, 5.74) is 0.485. The van der Waals surface area contributed by atoms with Gasteiger partial charge in [0.2, 0.25) is 5.95 Å². The Kier molecular flexibility index (Phi) is 6.86. The number of nitrogens with one attached hydrogen (secondary N) is 2. The standard InChI is InChI=1S/C20H29N5O3/c1-4-12-28-16-7-6-15(13-17(16)27-5-2)19(26)23-20-22-18(24-25(20)3)14-8-10-21-11-9-14/h6-7,13-14,21H,4-5,8-12H2,1-3H3,(H,22,23,24,26). The number of rotatable bonds is 8. The first-order chi connectivity index (χ1) is 13.6. The molecule has 2 heterocycles. The van der Waals surface area contributed by atoms with Crippen LogP contribution in [0.5, 0.6) is 11.5 Å². The van der Waals surface area contributed by atoms with Crippen molar-refractivity contribution in [3.63, 3.8) is 0 Å². The van der Waals surface area contributed by atoms with Gasteiger partial charge in [-0.3, -0.25) is 10.1 Å². The van der Waals surface area contributed by atoms with E-state index in [1.807, 2.05) is 13.8 Å². The van der Waals surface area contributed by atoms with Crippen molar-refractivity contribution in [3.8, 4) is 11.5 Å². The molecule has 0 atom stereocenters. The molecule has 1 aliphatic rings. The van der Waals surface area contributed by atoms with Crippen molar-refractivity contribution in [1.82, 2.24) is 20.1 Å². The number of hydrogen-bond donors (Lipinski definition) is 2. The van der Waals surface area contributed by atoms with Gasteiger partial charge in [0.05, 0.1) is 13.2 Å². The van der Waals surface area contributed by atoms with Crippen molar-refractivity contribution in [2.75, 3.05) is 31.6 Å². The molecule has 1 aromatic heterocycles. The highest BCUT2D eigenvalue weighted by atomic mass is 16.5. The van der Waals surface area contributed by atoms with Crippen LogP contribution in [-0.2, 0) is 7.05 Å². The molecule has 3 rings (SSSR count). The predicted molar refractivity (Wildman–Crippen MR) is 107 cm³/mol. The van der Waals surface area contributed by atoms with E-state index in [1.165, 1.54) is 0 Å². The number of piperidine rings is 1. The number of carbonyl (C=O) groups excluding carboxylic acids is 1. The van der Waals surface area contributed by atoms with Crippen LogP contribution >= 0.6 is 0 Å². The van der Waals surface area contributed by atoms with Gasteiger partial charge in [0.15, 0.2) is 17.3 Å². The molecule has 1 aromatic carbocycles. The number of hydrogen-bond acceptors (Lipinski definition) is 6. The number of nitrogens with zero attached hydrogens (tertiary/aromatic N) is 3. The van der Waals surface area contributed by atoms with Gasteiger partial charge in [-0.15, -0.1) is 0 Å². The topological polar surface area (TPSA) is 90.3 Å². The Morgan fingerprint density at radius 2 is 2.04 bits per heavy atom. The van der Waals surface area contributed by atoms with E-state index in [0.717, 1.165) is 38.2 Å². The first-order valence-electron chi connectivity index (χ1n) is 9.95. The van der Waals surface area contributed by atoms with Crippen LogP contribution in [-0.4, -0.2) is 47.0 Å². The summed E-state index contributed by atoms with van der Waals surface area (Å²) in [5, 5.41) is 10.7. The number of amides is 1. The summed E-state index contributed by atoms with van der Waals surface area (Å²) < 4.78 is 13.0. The second-order valence-corrected chi connectivity index (χ2v) is 6.84. The van der Waals surface area contributed by atoms with Gasteiger partial charge in [-0.1, -0.05) is 6.92 Å². The molecule has 0 unspecified atom stereocenters. The Balaban J connectivity index is 1.73. The monoisotopic (exact) mass is 387 g/mol. The lowest BCUT2D eigenvalue weighted by Gasteiger charge is -2.19. The second-order valence-electron chi connectivity index (χ2n) is 6.84. The van der Waals surface area contributed by atoms with Crippen molar-refractivity contribution in [2.24, 2.45) is 7.05 Å². The van der Waals surface area contributed by atoms with E-state index < -0.39 is 0 Å². The van der Waals surface area contributed by atoms with Crippen molar-refractivity contribution in [1.29, 1.82) is 0 Å². The number of carbonyl (C=O) groups is 1. The van der Waals surface area contributed by atoms with E-state index in [9.17, 15) is 4.79 Å². The molecule has 28 heavy (non-hydrogen) atoms. The van der Waals surface area contributed by atoms with E-state index in [1.54, 1.807) is 29.9 Å². The van der Waals surface area contributed by atoms with E-state index in [2.05, 4.69) is 20.7 Å². The molecule has 2 aromatic rings. The first kappa shape index (κ1) is 20.1. The summed E-state index contributed by atoms with van der Waals surface area (Å²) in [5.74, 6) is 2.53. The summed E-state index contributed by atoms with van der Waals surface area (Å²) in [6.45, 7) is 6.98. The third kappa shape index (κ3) is 4.81. The summed E-state index contributed by atoms with van der Waals surface area (Å²) >= 11 is 0. The molecule has 2 N–H and O–H groups in total. The van der Waals surface area contributed by atoms with E-state index >= 15 is 0 Å². The van der Waals surface area contributed by atoms with Crippen LogP contribution in [0.15, 0.2) is 18.2 Å². The highest BCUT2D eigenvalue weighted by Crippen LogP contribution is 2.29. The fourth-order valence-corrected chi connectivity index (χ4v) is 3.19. The van der Waals surface area contributed by atoms with Gasteiger partial charge in [0.25, 0.3) is 5.91 Å². The average Bonchev–Trinajstić information content (AvgIpc) is 3.08. The van der Waals surface area contributed by atoms with Gasteiger partial charge in [0, 0.05) is 18.5 Å². The fraction of sp³-hybridized carbons (Fsp3) is 0.550. The number of aromatic nitrogens is 3. The number of ether oxygens (including phenoxy) is 2. The molecule has 8 heteroatoms. The molecule has 1 amide bonds. The lowest BCUT2D eigenvalue weighted by atomic mass is 9.98. The van der Waals surface area contributed by atoms with Crippen LogP contribution in [0.1, 0.15) is 55.2 Å². The van der Waals surface area contributed by atoms with E-state index in [4.69, 9.17) is 9.47 Å². The van der Waals surface area contributed by atoms with Crippen molar-refractivity contribution in [3.05, 3.63) is 29.6 Å². The van der Waals surface area contributed by atoms with Crippen molar-refractivity contribution in [2.45, 2.75) is 39.0 Å². The Bertz CT molecular complexity index is 799. The maximum absolute atomic E-state index is 12.7. The van der Waals surface area contributed by atoms with Crippen LogP contribution in [0.3, 0.4) is 0 Å². The third-order valence-corrected chi connectivity index (χ3v) is 4.68. The minimum absolute atomic E-state index is 0.254. The van der Waals surface area contributed by atoms with Crippen LogP contribution in [0.25, 0.3) is 0 Å². The van der Waals surface area contributed by atoms with E-state index in [-0.39, 0.29) is 5.91 Å². The van der Waals surface area contributed by atoms with Crippen LogP contribution in [0.4, 0.5) is 5.95 Å². The van der Waals surface area contributed by atoms with Gasteiger partial charge >= 0.3 is 0 Å². The van der Waals surface area contributed by atoms with Crippen LogP contribution in [0, 0.1) is 0 Å². The molecule has 0 aliphatic carbocycles. The summed E-state index contributed by atoms with van der Waals surface area (Å²) in [7, 11) is 1.79. The number of anilines is 1. The normalized spacial score (nSPS) is 14.7. The largest absolute Gasteiger partial charge is 0.490 e. The molecule has 0 radical (unpaired) electrons. The minimum atomic E-state index is -0.254. The maximum Gasteiger partial charge on any atom is 0.258 e. The summed E-state index contributed by atoms with van der Waals surface area (Å²) in [6.07, 6.45) is 2.92. The molecule has 1 aliphatic heterocycles. The number of aryl methyl sites for hydroxylation is 1. The van der Waals surface area contributed by atoms with Gasteiger partial charge in [0.1, 0.15) is 0 Å². The van der Waals surface area contributed by atoms with Crippen LogP contribution < -0.4 is 20.1 Å². The van der Waals surface area contributed by atoms with Crippen LogP contribution in [0.2, 0.25) is 0 Å². The second kappa shape index (κ2) is 9.54. The molecule has 0 spiro atoms. The average molecular weight is 387 g/mol. The van der Waals surface area contributed by atoms with Crippen molar-refractivity contribution >= 4 is 11.9 Å². The molecular formula is C20H29N5O3. The highest BCUT2D eigenvalue weighted by Gasteiger charge is 2.22. The Labute approximate surface area is 165 Å². The molecule has 152 valence electrons. The molecule has 8 nitrogen and oxygen atoms in total.